The van der Waals surface area contributed by atoms with Gasteiger partial charge >= 0.3 is 0 Å². The number of aromatic nitrogens is 2. The van der Waals surface area contributed by atoms with Crippen molar-refractivity contribution in [1.82, 2.24) is 10.2 Å². The quantitative estimate of drug-likeness (QED) is 0.715. The van der Waals surface area contributed by atoms with Crippen LogP contribution < -0.4 is 5.32 Å². The number of amides is 1. The van der Waals surface area contributed by atoms with E-state index < -0.39 is 0 Å². The molecule has 0 bridgehead atoms. The smallest absolute Gasteiger partial charge is 0.256 e. The monoisotopic (exact) mass is 345 g/mol. The van der Waals surface area contributed by atoms with Crippen LogP contribution in [0.1, 0.15) is 46.9 Å². The fourth-order valence-electron chi connectivity index (χ4n) is 3.73. The molecule has 4 nitrogen and oxygen atoms in total. The van der Waals surface area contributed by atoms with Gasteiger partial charge in [0.2, 0.25) is 0 Å². The molecule has 0 atom stereocenters. The van der Waals surface area contributed by atoms with Crippen LogP contribution in [0.3, 0.4) is 0 Å². The minimum atomic E-state index is -0.0888. The van der Waals surface area contributed by atoms with Crippen LogP contribution in [0.25, 0.3) is 11.3 Å². The maximum absolute atomic E-state index is 13.0. The number of benzene rings is 2. The van der Waals surface area contributed by atoms with E-state index in [9.17, 15) is 4.79 Å². The molecular weight excluding hydrogens is 322 g/mol. The predicted molar refractivity (Wildman–Crippen MR) is 104 cm³/mol. The molecule has 1 aliphatic carbocycles. The van der Waals surface area contributed by atoms with Gasteiger partial charge in [0.15, 0.2) is 0 Å². The molecule has 0 spiro atoms. The third kappa shape index (κ3) is 3.03. The first kappa shape index (κ1) is 16.6. The maximum atomic E-state index is 13.0. The van der Waals surface area contributed by atoms with Crippen molar-refractivity contribution in [3.05, 3.63) is 70.9 Å². The molecule has 132 valence electrons. The van der Waals surface area contributed by atoms with Crippen LogP contribution in [0.4, 0.5) is 5.69 Å². The highest BCUT2D eigenvalue weighted by atomic mass is 16.1. The molecule has 0 fully saturated rings. The summed E-state index contributed by atoms with van der Waals surface area (Å²) in [6, 6.07) is 15.7. The lowest BCUT2D eigenvalue weighted by Gasteiger charge is -2.14. The highest BCUT2D eigenvalue weighted by molar-refractivity contribution is 6.09. The average molecular weight is 345 g/mol. The van der Waals surface area contributed by atoms with E-state index in [4.69, 9.17) is 0 Å². The summed E-state index contributed by atoms with van der Waals surface area (Å²) in [5.74, 6) is -0.0888. The summed E-state index contributed by atoms with van der Waals surface area (Å²) in [5.41, 5.74) is 6.99. The van der Waals surface area contributed by atoms with Crippen molar-refractivity contribution in [3.8, 4) is 11.3 Å². The number of hydrogen-bond donors (Lipinski definition) is 2. The summed E-state index contributed by atoms with van der Waals surface area (Å²) < 4.78 is 0. The summed E-state index contributed by atoms with van der Waals surface area (Å²) in [4.78, 5) is 13.0. The third-order valence-electron chi connectivity index (χ3n) is 5.13. The maximum Gasteiger partial charge on any atom is 0.256 e. The van der Waals surface area contributed by atoms with Crippen molar-refractivity contribution >= 4 is 11.6 Å². The van der Waals surface area contributed by atoms with E-state index >= 15 is 0 Å². The predicted octanol–water partition coefficient (Wildman–Crippen LogP) is 4.77. The van der Waals surface area contributed by atoms with Gasteiger partial charge in [-0.25, -0.2) is 0 Å². The lowest BCUT2D eigenvalue weighted by atomic mass is 9.92. The minimum absolute atomic E-state index is 0.0888. The topological polar surface area (TPSA) is 57.8 Å². The molecule has 0 saturated heterocycles. The van der Waals surface area contributed by atoms with Gasteiger partial charge in [-0.2, -0.15) is 5.10 Å². The first-order valence-electron chi connectivity index (χ1n) is 9.32. The van der Waals surface area contributed by atoms with Crippen molar-refractivity contribution in [3.63, 3.8) is 0 Å². The van der Waals surface area contributed by atoms with Crippen molar-refractivity contribution in [2.45, 2.75) is 39.0 Å². The van der Waals surface area contributed by atoms with Crippen LogP contribution >= 0.6 is 0 Å². The number of nitrogens with zero attached hydrogens (tertiary/aromatic N) is 1. The number of anilines is 1. The number of aromatic amines is 1. The molecule has 4 heteroatoms. The van der Waals surface area contributed by atoms with Crippen molar-refractivity contribution in [2.24, 2.45) is 0 Å². The zero-order chi connectivity index (χ0) is 17.9. The van der Waals surface area contributed by atoms with Gasteiger partial charge in [-0.15, -0.1) is 0 Å². The molecule has 1 amide bonds. The van der Waals surface area contributed by atoms with E-state index in [1.807, 2.05) is 48.5 Å². The van der Waals surface area contributed by atoms with Crippen molar-refractivity contribution in [2.75, 3.05) is 5.32 Å². The van der Waals surface area contributed by atoms with Crippen LogP contribution in [0.5, 0.6) is 0 Å². The van der Waals surface area contributed by atoms with Crippen molar-refractivity contribution < 1.29 is 4.79 Å². The molecule has 1 aliphatic rings. The molecule has 3 aromatic rings. The lowest BCUT2D eigenvalue weighted by Crippen LogP contribution is -2.14. The van der Waals surface area contributed by atoms with E-state index in [1.165, 1.54) is 24.1 Å². The minimum Gasteiger partial charge on any atom is -0.322 e. The summed E-state index contributed by atoms with van der Waals surface area (Å²) in [6.07, 6.45) is 5.32. The molecule has 0 saturated carbocycles. The number of rotatable bonds is 4. The van der Waals surface area contributed by atoms with Crippen LogP contribution in [0.2, 0.25) is 0 Å². The molecule has 1 aromatic heterocycles. The summed E-state index contributed by atoms with van der Waals surface area (Å²) >= 11 is 0. The fraction of sp³-hybridized carbons (Fsp3) is 0.273. The lowest BCUT2D eigenvalue weighted by molar-refractivity contribution is 0.102. The molecule has 26 heavy (non-hydrogen) atoms. The van der Waals surface area contributed by atoms with Gasteiger partial charge in [-0.3, -0.25) is 9.89 Å². The Bertz CT molecular complexity index is 942. The fourth-order valence-corrected chi connectivity index (χ4v) is 3.73. The molecule has 2 N–H and O–H groups in total. The number of fused-ring (bicyclic) bond motifs is 1. The second-order valence-corrected chi connectivity index (χ2v) is 6.75. The van der Waals surface area contributed by atoms with Crippen LogP contribution in [0.15, 0.2) is 48.5 Å². The van der Waals surface area contributed by atoms with Gasteiger partial charge in [-0.05, 0) is 49.8 Å². The van der Waals surface area contributed by atoms with Gasteiger partial charge in [0.05, 0.1) is 5.69 Å². The van der Waals surface area contributed by atoms with Crippen LogP contribution in [0, 0.1) is 0 Å². The Hall–Kier alpha value is -2.88. The second-order valence-electron chi connectivity index (χ2n) is 6.75. The van der Waals surface area contributed by atoms with Gasteiger partial charge in [-0.1, -0.05) is 43.3 Å². The number of aryl methyl sites for hydroxylation is 2. The Kier molecular flexibility index (Phi) is 4.57. The summed E-state index contributed by atoms with van der Waals surface area (Å²) in [6.45, 7) is 2.09. The SMILES string of the molecule is CCc1ccccc1NC(=O)c1ccccc1-c1n[nH]c2c1CCCC2. The number of nitrogens with one attached hydrogen (secondary N) is 2. The van der Waals surface area contributed by atoms with E-state index in [0.717, 1.165) is 41.8 Å². The van der Waals surface area contributed by atoms with Crippen molar-refractivity contribution in [1.29, 1.82) is 0 Å². The molecular formula is C22H23N3O. The Labute approximate surface area is 153 Å². The zero-order valence-electron chi connectivity index (χ0n) is 15.0. The summed E-state index contributed by atoms with van der Waals surface area (Å²) in [5, 5.41) is 10.8. The number of carbonyl (C=O) groups excluding carboxylic acids is 1. The zero-order valence-corrected chi connectivity index (χ0v) is 15.0. The van der Waals surface area contributed by atoms with Gasteiger partial charge < -0.3 is 5.32 Å². The van der Waals surface area contributed by atoms with E-state index in [1.54, 1.807) is 0 Å². The van der Waals surface area contributed by atoms with E-state index in [2.05, 4.69) is 22.4 Å². The molecule has 2 aromatic carbocycles. The Morgan fingerprint density at radius 1 is 1.08 bits per heavy atom. The Morgan fingerprint density at radius 3 is 2.73 bits per heavy atom. The molecule has 1 heterocycles. The van der Waals surface area contributed by atoms with Gasteiger partial charge in [0, 0.05) is 28.1 Å². The largest absolute Gasteiger partial charge is 0.322 e. The number of carbonyl (C=O) groups is 1. The van der Waals surface area contributed by atoms with Crippen LogP contribution in [-0.2, 0) is 19.3 Å². The highest BCUT2D eigenvalue weighted by Gasteiger charge is 2.22. The summed E-state index contributed by atoms with van der Waals surface area (Å²) in [7, 11) is 0. The van der Waals surface area contributed by atoms with Gasteiger partial charge in [0.25, 0.3) is 5.91 Å². The first-order valence-corrected chi connectivity index (χ1v) is 9.32. The number of H-pyrrole nitrogens is 1. The molecule has 0 aliphatic heterocycles. The standard InChI is InChI=1S/C22H23N3O/c1-2-15-9-3-7-13-19(15)23-22(26)17-11-5-4-10-16(17)21-18-12-6-8-14-20(18)24-25-21/h3-5,7,9-11,13H,2,6,8,12,14H2,1H3,(H,23,26)(H,24,25). The highest BCUT2D eigenvalue weighted by Crippen LogP contribution is 2.32. The first-order chi connectivity index (χ1) is 12.8. The van der Waals surface area contributed by atoms with Crippen LogP contribution in [-0.4, -0.2) is 16.1 Å². The Morgan fingerprint density at radius 2 is 1.85 bits per heavy atom. The molecule has 0 radical (unpaired) electrons. The second kappa shape index (κ2) is 7.16. The average Bonchev–Trinajstić information content (AvgIpc) is 3.12. The van der Waals surface area contributed by atoms with E-state index in [0.29, 0.717) is 5.56 Å². The van der Waals surface area contributed by atoms with E-state index in [-0.39, 0.29) is 5.91 Å². The number of hydrogen-bond acceptors (Lipinski definition) is 2. The Balaban J connectivity index is 1.70. The normalized spacial score (nSPS) is 13.3. The third-order valence-corrected chi connectivity index (χ3v) is 5.13. The number of para-hydroxylation sites is 1. The molecule has 4 rings (SSSR count). The molecule has 0 unspecified atom stereocenters. The van der Waals surface area contributed by atoms with Gasteiger partial charge in [0.1, 0.15) is 0 Å².